The van der Waals surface area contributed by atoms with Gasteiger partial charge in [0.25, 0.3) is 0 Å². The minimum atomic E-state index is 0.174. The van der Waals surface area contributed by atoms with Crippen LogP contribution in [-0.4, -0.2) is 38.6 Å². The molecular formula is C24H28O4. The highest BCUT2D eigenvalue weighted by Crippen LogP contribution is 2.32. The van der Waals surface area contributed by atoms with Crippen LogP contribution in [0.2, 0.25) is 0 Å². The Kier molecular flexibility index (Phi) is 5.42. The zero-order valence-corrected chi connectivity index (χ0v) is 17.1. The van der Waals surface area contributed by atoms with E-state index in [0.29, 0.717) is 13.2 Å². The Labute approximate surface area is 167 Å². The molecule has 2 unspecified atom stereocenters. The highest BCUT2D eigenvalue weighted by Gasteiger charge is 2.28. The second-order valence-corrected chi connectivity index (χ2v) is 7.94. The third-order valence-electron chi connectivity index (χ3n) is 4.81. The highest BCUT2D eigenvalue weighted by molar-refractivity contribution is 5.84. The lowest BCUT2D eigenvalue weighted by Gasteiger charge is -2.19. The number of hydrogen-bond donors (Lipinski definition) is 0. The summed E-state index contributed by atoms with van der Waals surface area (Å²) in [6.45, 7) is 11.0. The molecule has 0 aromatic heterocycles. The van der Waals surface area contributed by atoms with E-state index in [1.54, 1.807) is 0 Å². The molecule has 0 amide bonds. The van der Waals surface area contributed by atoms with E-state index in [-0.39, 0.29) is 12.2 Å². The van der Waals surface area contributed by atoms with Gasteiger partial charge in [-0.25, -0.2) is 0 Å². The highest BCUT2D eigenvalue weighted by atomic mass is 16.6. The standard InChI is InChI=1S/C24H28O4/c1-15-5-16(2)8-19(7-15)23(27-13-21-11-25-21)24(28-14-22-12-26-22)20-9-17(3)6-18(4)10-20/h5-10,21-22H,11-14H2,1-4H3. The molecule has 4 heteroatoms. The van der Waals surface area contributed by atoms with E-state index in [0.717, 1.165) is 35.9 Å². The normalized spacial score (nSPS) is 21.1. The van der Waals surface area contributed by atoms with Gasteiger partial charge in [0.2, 0.25) is 0 Å². The summed E-state index contributed by atoms with van der Waals surface area (Å²) in [7, 11) is 0. The molecule has 4 nitrogen and oxygen atoms in total. The summed E-state index contributed by atoms with van der Waals surface area (Å²) in [4.78, 5) is 0. The number of rotatable bonds is 8. The molecule has 28 heavy (non-hydrogen) atoms. The summed E-state index contributed by atoms with van der Waals surface area (Å²) in [5.74, 6) is 1.54. The summed E-state index contributed by atoms with van der Waals surface area (Å²) >= 11 is 0. The van der Waals surface area contributed by atoms with Crippen molar-refractivity contribution >= 4 is 11.5 Å². The van der Waals surface area contributed by atoms with E-state index in [4.69, 9.17) is 18.9 Å². The third kappa shape index (κ3) is 4.94. The van der Waals surface area contributed by atoms with Gasteiger partial charge in [0, 0.05) is 11.1 Å². The lowest BCUT2D eigenvalue weighted by atomic mass is 10.0. The first-order valence-corrected chi connectivity index (χ1v) is 9.88. The van der Waals surface area contributed by atoms with Gasteiger partial charge in [0.1, 0.15) is 25.4 Å². The van der Waals surface area contributed by atoms with E-state index in [1.165, 1.54) is 22.3 Å². The molecule has 2 aliphatic rings. The van der Waals surface area contributed by atoms with Crippen molar-refractivity contribution in [2.75, 3.05) is 26.4 Å². The fourth-order valence-electron chi connectivity index (χ4n) is 3.45. The van der Waals surface area contributed by atoms with Gasteiger partial charge in [-0.1, -0.05) is 34.4 Å². The van der Waals surface area contributed by atoms with Gasteiger partial charge >= 0.3 is 0 Å². The summed E-state index contributed by atoms with van der Waals surface area (Å²) in [6, 6.07) is 12.9. The molecule has 0 saturated carbocycles. The zero-order valence-electron chi connectivity index (χ0n) is 17.1. The predicted octanol–water partition coefficient (Wildman–Crippen LogP) is 4.58. The number of aryl methyl sites for hydroxylation is 4. The smallest absolute Gasteiger partial charge is 0.169 e. The SMILES string of the molecule is Cc1cc(C)cc(C(OCC2CO2)=C(OCC2CO2)c2cc(C)cc(C)c2)c1. The molecule has 0 bridgehead atoms. The summed E-state index contributed by atoms with van der Waals surface area (Å²) in [5, 5.41) is 0. The van der Waals surface area contributed by atoms with Crippen molar-refractivity contribution in [2.24, 2.45) is 0 Å². The Bertz CT molecular complexity index is 777. The number of epoxide rings is 2. The maximum Gasteiger partial charge on any atom is 0.169 e. The molecule has 2 fully saturated rings. The fraction of sp³-hybridized carbons (Fsp3) is 0.417. The molecule has 0 radical (unpaired) electrons. The van der Waals surface area contributed by atoms with Crippen LogP contribution in [0.4, 0.5) is 0 Å². The minimum absolute atomic E-state index is 0.174. The molecule has 2 aromatic carbocycles. The molecule has 2 heterocycles. The molecule has 4 rings (SSSR count). The Hall–Kier alpha value is -2.30. The minimum Gasteiger partial charge on any atom is -0.486 e. The van der Waals surface area contributed by atoms with Crippen molar-refractivity contribution < 1.29 is 18.9 Å². The van der Waals surface area contributed by atoms with Crippen molar-refractivity contribution in [2.45, 2.75) is 39.9 Å². The van der Waals surface area contributed by atoms with E-state index >= 15 is 0 Å². The first-order valence-electron chi connectivity index (χ1n) is 9.88. The molecule has 0 spiro atoms. The van der Waals surface area contributed by atoms with Gasteiger partial charge in [-0.3, -0.25) is 0 Å². The largest absolute Gasteiger partial charge is 0.486 e. The van der Waals surface area contributed by atoms with Crippen molar-refractivity contribution in [3.63, 3.8) is 0 Å². The third-order valence-corrected chi connectivity index (χ3v) is 4.81. The van der Waals surface area contributed by atoms with Crippen LogP contribution in [0.5, 0.6) is 0 Å². The van der Waals surface area contributed by atoms with Crippen LogP contribution in [0.1, 0.15) is 33.4 Å². The lowest BCUT2D eigenvalue weighted by molar-refractivity contribution is 0.207. The van der Waals surface area contributed by atoms with Crippen LogP contribution in [0.15, 0.2) is 36.4 Å². The Morgan fingerprint density at radius 1 is 0.679 bits per heavy atom. The molecule has 2 aromatic rings. The van der Waals surface area contributed by atoms with Crippen LogP contribution < -0.4 is 0 Å². The van der Waals surface area contributed by atoms with E-state index in [1.807, 2.05) is 0 Å². The number of hydrogen-bond acceptors (Lipinski definition) is 4. The van der Waals surface area contributed by atoms with Gasteiger partial charge in [0.05, 0.1) is 13.2 Å². The van der Waals surface area contributed by atoms with Crippen molar-refractivity contribution in [1.82, 2.24) is 0 Å². The first kappa shape index (κ1) is 19.0. The quantitative estimate of drug-likeness (QED) is 0.382. The molecule has 2 atom stereocenters. The maximum atomic E-state index is 6.30. The monoisotopic (exact) mass is 380 g/mol. The zero-order chi connectivity index (χ0) is 19.7. The maximum absolute atomic E-state index is 6.30. The van der Waals surface area contributed by atoms with E-state index in [2.05, 4.69) is 64.1 Å². The number of benzene rings is 2. The predicted molar refractivity (Wildman–Crippen MR) is 110 cm³/mol. The molecule has 0 N–H and O–H groups in total. The van der Waals surface area contributed by atoms with Crippen LogP contribution in [0.3, 0.4) is 0 Å². The first-order chi connectivity index (χ1) is 13.5. The van der Waals surface area contributed by atoms with Crippen LogP contribution in [-0.2, 0) is 18.9 Å². The van der Waals surface area contributed by atoms with E-state index < -0.39 is 0 Å². The van der Waals surface area contributed by atoms with Crippen LogP contribution in [0, 0.1) is 27.7 Å². The second-order valence-electron chi connectivity index (χ2n) is 7.94. The molecule has 2 aliphatic heterocycles. The topological polar surface area (TPSA) is 43.5 Å². The Morgan fingerprint density at radius 3 is 1.29 bits per heavy atom. The Balaban J connectivity index is 1.81. The summed E-state index contributed by atoms with van der Waals surface area (Å²) < 4.78 is 23.3. The lowest BCUT2D eigenvalue weighted by Crippen LogP contribution is -2.08. The van der Waals surface area contributed by atoms with Crippen molar-refractivity contribution in [1.29, 1.82) is 0 Å². The average Bonchev–Trinajstić information content (AvgIpc) is 3.51. The van der Waals surface area contributed by atoms with Gasteiger partial charge in [-0.15, -0.1) is 0 Å². The molecule has 148 valence electrons. The molecule has 0 aliphatic carbocycles. The summed E-state index contributed by atoms with van der Waals surface area (Å²) in [5.41, 5.74) is 6.86. The molecular weight excluding hydrogens is 352 g/mol. The van der Waals surface area contributed by atoms with Gasteiger partial charge in [-0.2, -0.15) is 0 Å². The average molecular weight is 380 g/mol. The van der Waals surface area contributed by atoms with Crippen molar-refractivity contribution in [3.05, 3.63) is 69.8 Å². The second kappa shape index (κ2) is 7.98. The van der Waals surface area contributed by atoms with Crippen LogP contribution >= 0.6 is 0 Å². The van der Waals surface area contributed by atoms with Crippen molar-refractivity contribution in [3.8, 4) is 0 Å². The van der Waals surface area contributed by atoms with Gasteiger partial charge in [-0.05, 0) is 52.0 Å². The van der Waals surface area contributed by atoms with Crippen LogP contribution in [0.25, 0.3) is 11.5 Å². The van der Waals surface area contributed by atoms with Gasteiger partial charge in [0.15, 0.2) is 11.5 Å². The fourth-order valence-corrected chi connectivity index (χ4v) is 3.45. The number of ether oxygens (including phenoxy) is 4. The van der Waals surface area contributed by atoms with E-state index in [9.17, 15) is 0 Å². The Morgan fingerprint density at radius 2 is 1.00 bits per heavy atom. The molecule has 2 saturated heterocycles. The summed E-state index contributed by atoms with van der Waals surface area (Å²) in [6.07, 6.45) is 0.348. The van der Waals surface area contributed by atoms with Gasteiger partial charge < -0.3 is 18.9 Å².